The molecule has 1 heterocycles. The molecule has 2 unspecified atom stereocenters. The van der Waals surface area contributed by atoms with E-state index in [9.17, 15) is 5.11 Å². The third-order valence-electron chi connectivity index (χ3n) is 2.53. The summed E-state index contributed by atoms with van der Waals surface area (Å²) >= 11 is 0. The van der Waals surface area contributed by atoms with Gasteiger partial charge in [0.25, 0.3) is 0 Å². The first-order valence-corrected chi connectivity index (χ1v) is 5.26. The number of methoxy groups -OCH3 is 1. The standard InChI is InChI=1S/C12H19NO2/c1-9-6-11(8-13-7-9)12(14)5-4-10(2)15-3/h6-8,10,12,14H,4-5H2,1-3H3. The van der Waals surface area contributed by atoms with E-state index in [1.807, 2.05) is 19.9 Å². The summed E-state index contributed by atoms with van der Waals surface area (Å²) in [5.74, 6) is 0. The van der Waals surface area contributed by atoms with Crippen molar-refractivity contribution in [1.82, 2.24) is 4.98 Å². The Morgan fingerprint density at radius 1 is 1.40 bits per heavy atom. The summed E-state index contributed by atoms with van der Waals surface area (Å²) in [6.07, 6.45) is 4.82. The van der Waals surface area contributed by atoms with E-state index in [0.717, 1.165) is 17.5 Å². The predicted molar refractivity (Wildman–Crippen MR) is 59.6 cm³/mol. The number of aromatic nitrogens is 1. The van der Waals surface area contributed by atoms with Crippen LogP contribution in [0.3, 0.4) is 0 Å². The molecule has 1 N–H and O–H groups in total. The third-order valence-corrected chi connectivity index (χ3v) is 2.53. The lowest BCUT2D eigenvalue weighted by atomic mass is 10.0. The Bertz CT molecular complexity index is 301. The summed E-state index contributed by atoms with van der Waals surface area (Å²) in [5.41, 5.74) is 1.96. The molecule has 3 nitrogen and oxygen atoms in total. The quantitative estimate of drug-likeness (QED) is 0.808. The monoisotopic (exact) mass is 209 g/mol. The molecular formula is C12H19NO2. The maximum Gasteiger partial charge on any atom is 0.0806 e. The summed E-state index contributed by atoms with van der Waals surface area (Å²) in [4.78, 5) is 4.06. The molecule has 0 saturated heterocycles. The molecule has 1 aromatic heterocycles. The van der Waals surface area contributed by atoms with Crippen LogP contribution in [0.1, 0.15) is 37.0 Å². The van der Waals surface area contributed by atoms with Gasteiger partial charge in [0.2, 0.25) is 0 Å². The van der Waals surface area contributed by atoms with Gasteiger partial charge < -0.3 is 9.84 Å². The summed E-state index contributed by atoms with van der Waals surface area (Å²) < 4.78 is 5.13. The van der Waals surface area contributed by atoms with Crippen LogP contribution >= 0.6 is 0 Å². The zero-order chi connectivity index (χ0) is 11.3. The molecule has 0 fully saturated rings. The van der Waals surface area contributed by atoms with Crippen LogP contribution in [0.4, 0.5) is 0 Å². The molecule has 0 aliphatic rings. The number of ether oxygens (including phenoxy) is 1. The van der Waals surface area contributed by atoms with Crippen molar-refractivity contribution in [3.63, 3.8) is 0 Å². The Hall–Kier alpha value is -0.930. The van der Waals surface area contributed by atoms with Crippen molar-refractivity contribution < 1.29 is 9.84 Å². The Morgan fingerprint density at radius 2 is 2.13 bits per heavy atom. The van der Waals surface area contributed by atoms with Crippen molar-refractivity contribution in [2.24, 2.45) is 0 Å². The lowest BCUT2D eigenvalue weighted by Crippen LogP contribution is -2.08. The number of nitrogens with zero attached hydrogens (tertiary/aromatic N) is 1. The van der Waals surface area contributed by atoms with Crippen LogP contribution < -0.4 is 0 Å². The van der Waals surface area contributed by atoms with E-state index in [-0.39, 0.29) is 6.10 Å². The van der Waals surface area contributed by atoms with Gasteiger partial charge >= 0.3 is 0 Å². The molecule has 84 valence electrons. The number of aliphatic hydroxyl groups is 1. The molecule has 0 spiro atoms. The molecule has 0 bridgehead atoms. The zero-order valence-corrected chi connectivity index (χ0v) is 9.60. The fourth-order valence-electron chi connectivity index (χ4n) is 1.44. The van der Waals surface area contributed by atoms with Crippen LogP contribution in [-0.4, -0.2) is 23.3 Å². The van der Waals surface area contributed by atoms with Crippen LogP contribution in [0.2, 0.25) is 0 Å². The van der Waals surface area contributed by atoms with E-state index >= 15 is 0 Å². The van der Waals surface area contributed by atoms with Gasteiger partial charge in [-0.3, -0.25) is 4.98 Å². The maximum atomic E-state index is 9.89. The molecule has 0 radical (unpaired) electrons. The van der Waals surface area contributed by atoms with E-state index in [1.54, 1.807) is 19.5 Å². The van der Waals surface area contributed by atoms with E-state index in [1.165, 1.54) is 0 Å². The van der Waals surface area contributed by atoms with Crippen LogP contribution in [0, 0.1) is 6.92 Å². The minimum Gasteiger partial charge on any atom is -0.388 e. The number of hydrogen-bond donors (Lipinski definition) is 1. The SMILES string of the molecule is COC(C)CCC(O)c1cncc(C)c1. The first-order valence-electron chi connectivity index (χ1n) is 5.26. The van der Waals surface area contributed by atoms with Crippen LogP contribution in [-0.2, 0) is 4.74 Å². The second-order valence-electron chi connectivity index (χ2n) is 3.94. The summed E-state index contributed by atoms with van der Waals surface area (Å²) in [6.45, 7) is 3.97. The molecule has 1 rings (SSSR count). The first kappa shape index (κ1) is 12.1. The molecule has 0 aliphatic carbocycles. The second kappa shape index (κ2) is 5.83. The first-order chi connectivity index (χ1) is 7.13. The molecule has 3 heteroatoms. The number of aliphatic hydroxyl groups excluding tert-OH is 1. The highest BCUT2D eigenvalue weighted by Crippen LogP contribution is 2.19. The van der Waals surface area contributed by atoms with Crippen LogP contribution in [0.15, 0.2) is 18.5 Å². The van der Waals surface area contributed by atoms with Crippen molar-refractivity contribution in [1.29, 1.82) is 0 Å². The minimum absolute atomic E-state index is 0.192. The van der Waals surface area contributed by atoms with Crippen LogP contribution in [0.25, 0.3) is 0 Å². The predicted octanol–water partition coefficient (Wildman–Crippen LogP) is 2.24. The van der Waals surface area contributed by atoms with Crippen LogP contribution in [0.5, 0.6) is 0 Å². The van der Waals surface area contributed by atoms with Crippen molar-refractivity contribution in [3.05, 3.63) is 29.6 Å². The average molecular weight is 209 g/mol. The molecule has 15 heavy (non-hydrogen) atoms. The molecule has 0 aromatic carbocycles. The highest BCUT2D eigenvalue weighted by Gasteiger charge is 2.10. The van der Waals surface area contributed by atoms with Crippen molar-refractivity contribution in [3.8, 4) is 0 Å². The summed E-state index contributed by atoms with van der Waals surface area (Å²) in [6, 6.07) is 1.97. The van der Waals surface area contributed by atoms with Gasteiger partial charge in [0.15, 0.2) is 0 Å². The van der Waals surface area contributed by atoms with Crippen molar-refractivity contribution in [2.75, 3.05) is 7.11 Å². The Kier molecular flexibility index (Phi) is 4.72. The van der Waals surface area contributed by atoms with Gasteiger partial charge in [-0.05, 0) is 37.8 Å². The lowest BCUT2D eigenvalue weighted by molar-refractivity contribution is 0.0850. The van der Waals surface area contributed by atoms with E-state index in [0.29, 0.717) is 6.42 Å². The highest BCUT2D eigenvalue weighted by atomic mass is 16.5. The van der Waals surface area contributed by atoms with Crippen molar-refractivity contribution >= 4 is 0 Å². The minimum atomic E-state index is -0.435. The fourth-order valence-corrected chi connectivity index (χ4v) is 1.44. The number of pyridine rings is 1. The Labute approximate surface area is 91.1 Å². The number of hydrogen-bond acceptors (Lipinski definition) is 3. The lowest BCUT2D eigenvalue weighted by Gasteiger charge is -2.14. The largest absolute Gasteiger partial charge is 0.388 e. The topological polar surface area (TPSA) is 42.4 Å². The molecule has 0 aliphatic heterocycles. The Balaban J connectivity index is 2.50. The van der Waals surface area contributed by atoms with Gasteiger partial charge in [0.05, 0.1) is 12.2 Å². The average Bonchev–Trinajstić information content (AvgIpc) is 2.25. The van der Waals surface area contributed by atoms with Gasteiger partial charge in [0, 0.05) is 19.5 Å². The molecular weight excluding hydrogens is 190 g/mol. The fraction of sp³-hybridized carbons (Fsp3) is 0.583. The Morgan fingerprint density at radius 3 is 2.73 bits per heavy atom. The van der Waals surface area contributed by atoms with E-state index in [4.69, 9.17) is 4.74 Å². The molecule has 0 amide bonds. The van der Waals surface area contributed by atoms with Gasteiger partial charge in [-0.15, -0.1) is 0 Å². The van der Waals surface area contributed by atoms with Crippen molar-refractivity contribution in [2.45, 2.75) is 38.9 Å². The van der Waals surface area contributed by atoms with Gasteiger partial charge in [0.1, 0.15) is 0 Å². The summed E-state index contributed by atoms with van der Waals surface area (Å²) in [7, 11) is 1.69. The molecule has 1 aromatic rings. The zero-order valence-electron chi connectivity index (χ0n) is 9.60. The molecule has 0 saturated carbocycles. The maximum absolute atomic E-state index is 9.89. The molecule has 2 atom stereocenters. The van der Waals surface area contributed by atoms with Gasteiger partial charge in [-0.1, -0.05) is 6.07 Å². The van der Waals surface area contributed by atoms with E-state index < -0.39 is 6.10 Å². The normalized spacial score (nSPS) is 14.9. The second-order valence-corrected chi connectivity index (χ2v) is 3.94. The van der Waals surface area contributed by atoms with E-state index in [2.05, 4.69) is 4.98 Å². The number of aryl methyl sites for hydroxylation is 1. The van der Waals surface area contributed by atoms with Gasteiger partial charge in [-0.2, -0.15) is 0 Å². The number of rotatable bonds is 5. The van der Waals surface area contributed by atoms with Gasteiger partial charge in [-0.25, -0.2) is 0 Å². The summed E-state index contributed by atoms with van der Waals surface area (Å²) in [5, 5.41) is 9.89. The highest BCUT2D eigenvalue weighted by molar-refractivity contribution is 5.18. The third kappa shape index (κ3) is 3.98. The smallest absolute Gasteiger partial charge is 0.0806 e.